The van der Waals surface area contributed by atoms with Gasteiger partial charge in [-0.1, -0.05) is 18.2 Å². The summed E-state index contributed by atoms with van der Waals surface area (Å²) in [5.74, 6) is 0.340. The van der Waals surface area contributed by atoms with Crippen LogP contribution in [0.15, 0.2) is 30.3 Å². The van der Waals surface area contributed by atoms with Crippen LogP contribution in [0.5, 0.6) is 5.75 Å². The number of para-hydroxylation sites is 1. The highest BCUT2D eigenvalue weighted by molar-refractivity contribution is 5.83. The lowest BCUT2D eigenvalue weighted by atomic mass is 9.97. The van der Waals surface area contributed by atoms with E-state index in [1.54, 1.807) is 6.92 Å². The van der Waals surface area contributed by atoms with Crippen molar-refractivity contribution in [3.8, 4) is 5.75 Å². The van der Waals surface area contributed by atoms with Crippen LogP contribution in [0, 0.1) is 0 Å². The Labute approximate surface area is 95.6 Å². The molecule has 16 heavy (non-hydrogen) atoms. The summed E-state index contributed by atoms with van der Waals surface area (Å²) in [6.45, 7) is 2.17. The van der Waals surface area contributed by atoms with Crippen LogP contribution in [-0.4, -0.2) is 18.1 Å². The van der Waals surface area contributed by atoms with Gasteiger partial charge in [-0.15, -0.1) is 0 Å². The van der Waals surface area contributed by atoms with Crippen LogP contribution in [0.3, 0.4) is 0 Å². The first-order valence-corrected chi connectivity index (χ1v) is 5.29. The Bertz CT molecular complexity index is 336. The lowest BCUT2D eigenvalue weighted by molar-refractivity contribution is -0.122. The van der Waals surface area contributed by atoms with Crippen molar-refractivity contribution in [3.05, 3.63) is 30.3 Å². The number of nitrogens with two attached hydrogens (primary N) is 2. The zero-order chi connectivity index (χ0) is 12.0. The van der Waals surface area contributed by atoms with Crippen LogP contribution in [0.25, 0.3) is 0 Å². The molecule has 0 saturated heterocycles. The number of ether oxygens (including phenoxy) is 1. The van der Waals surface area contributed by atoms with E-state index in [2.05, 4.69) is 0 Å². The number of amides is 1. The van der Waals surface area contributed by atoms with Gasteiger partial charge in [-0.2, -0.15) is 0 Å². The van der Waals surface area contributed by atoms with Crippen molar-refractivity contribution in [3.63, 3.8) is 0 Å². The van der Waals surface area contributed by atoms with Crippen molar-refractivity contribution >= 4 is 5.91 Å². The molecular weight excluding hydrogens is 204 g/mol. The van der Waals surface area contributed by atoms with Gasteiger partial charge in [0.1, 0.15) is 5.75 Å². The Kier molecular flexibility index (Phi) is 4.31. The standard InChI is InChI=1S/C12H18N2O2/c1-12(14,11(13)15)8-5-9-16-10-6-3-2-4-7-10/h2-4,6-7H,5,8-9,14H2,1H3,(H2,13,15). The van der Waals surface area contributed by atoms with E-state index in [1.807, 2.05) is 30.3 Å². The van der Waals surface area contributed by atoms with Gasteiger partial charge in [0.05, 0.1) is 12.1 Å². The van der Waals surface area contributed by atoms with E-state index in [9.17, 15) is 4.79 Å². The smallest absolute Gasteiger partial charge is 0.237 e. The van der Waals surface area contributed by atoms with Gasteiger partial charge in [-0.05, 0) is 31.9 Å². The number of hydrogen-bond donors (Lipinski definition) is 2. The lowest BCUT2D eigenvalue weighted by Crippen LogP contribution is -2.49. The van der Waals surface area contributed by atoms with Gasteiger partial charge in [0.2, 0.25) is 5.91 Å². The number of benzene rings is 1. The van der Waals surface area contributed by atoms with Gasteiger partial charge >= 0.3 is 0 Å². The summed E-state index contributed by atoms with van der Waals surface area (Å²) < 4.78 is 5.47. The van der Waals surface area contributed by atoms with Crippen LogP contribution < -0.4 is 16.2 Å². The zero-order valence-corrected chi connectivity index (χ0v) is 9.48. The second-order valence-electron chi connectivity index (χ2n) is 4.05. The quantitative estimate of drug-likeness (QED) is 0.706. The minimum atomic E-state index is -0.944. The first-order valence-electron chi connectivity index (χ1n) is 5.29. The molecule has 0 saturated carbocycles. The zero-order valence-electron chi connectivity index (χ0n) is 9.48. The molecule has 1 atom stereocenters. The molecule has 0 aliphatic carbocycles. The number of hydrogen-bond acceptors (Lipinski definition) is 3. The summed E-state index contributed by atoms with van der Waals surface area (Å²) in [4.78, 5) is 10.9. The van der Waals surface area contributed by atoms with Crippen LogP contribution >= 0.6 is 0 Å². The van der Waals surface area contributed by atoms with Gasteiger partial charge in [0.15, 0.2) is 0 Å². The van der Waals surface area contributed by atoms with Crippen molar-refractivity contribution in [1.29, 1.82) is 0 Å². The second-order valence-corrected chi connectivity index (χ2v) is 4.05. The average molecular weight is 222 g/mol. The second kappa shape index (κ2) is 5.51. The van der Waals surface area contributed by atoms with E-state index in [-0.39, 0.29) is 0 Å². The van der Waals surface area contributed by atoms with Crippen LogP contribution in [0.2, 0.25) is 0 Å². The van der Waals surface area contributed by atoms with Crippen molar-refractivity contribution in [1.82, 2.24) is 0 Å². The molecule has 4 nitrogen and oxygen atoms in total. The maximum absolute atomic E-state index is 10.9. The molecule has 1 aromatic rings. The molecule has 0 heterocycles. The summed E-state index contributed by atoms with van der Waals surface area (Å²) in [5, 5.41) is 0. The van der Waals surface area contributed by atoms with Gasteiger partial charge < -0.3 is 16.2 Å². The highest BCUT2D eigenvalue weighted by Crippen LogP contribution is 2.11. The minimum absolute atomic E-state index is 0.479. The summed E-state index contributed by atoms with van der Waals surface area (Å²) in [6.07, 6.45) is 1.22. The highest BCUT2D eigenvalue weighted by atomic mass is 16.5. The molecule has 88 valence electrons. The number of carbonyl (C=O) groups is 1. The van der Waals surface area contributed by atoms with Crippen LogP contribution in [0.1, 0.15) is 19.8 Å². The molecule has 0 radical (unpaired) electrons. The molecule has 4 N–H and O–H groups in total. The third-order valence-electron chi connectivity index (χ3n) is 2.42. The molecule has 0 aromatic heterocycles. The normalized spacial score (nSPS) is 14.1. The maximum Gasteiger partial charge on any atom is 0.237 e. The van der Waals surface area contributed by atoms with Crippen LogP contribution in [0.4, 0.5) is 0 Å². The van der Waals surface area contributed by atoms with Gasteiger partial charge in [-0.3, -0.25) is 4.79 Å². The van der Waals surface area contributed by atoms with E-state index >= 15 is 0 Å². The van der Waals surface area contributed by atoms with E-state index in [1.165, 1.54) is 0 Å². The fourth-order valence-electron chi connectivity index (χ4n) is 1.27. The molecule has 4 heteroatoms. The molecule has 1 rings (SSSR count). The van der Waals surface area contributed by atoms with Gasteiger partial charge in [0, 0.05) is 0 Å². The predicted octanol–water partition coefficient (Wildman–Crippen LogP) is 1.05. The lowest BCUT2D eigenvalue weighted by Gasteiger charge is -2.19. The summed E-state index contributed by atoms with van der Waals surface area (Å²) in [7, 11) is 0. The Hall–Kier alpha value is -1.55. The minimum Gasteiger partial charge on any atom is -0.494 e. The van der Waals surface area contributed by atoms with Crippen molar-refractivity contribution in [2.24, 2.45) is 11.5 Å². The Balaban J connectivity index is 2.25. The first-order chi connectivity index (χ1) is 7.52. The van der Waals surface area contributed by atoms with Gasteiger partial charge in [0.25, 0.3) is 0 Å². The number of primary amides is 1. The fraction of sp³-hybridized carbons (Fsp3) is 0.417. The summed E-state index contributed by atoms with van der Waals surface area (Å²) >= 11 is 0. The van der Waals surface area contributed by atoms with Crippen molar-refractivity contribution < 1.29 is 9.53 Å². The molecular formula is C12H18N2O2. The van der Waals surface area contributed by atoms with Crippen molar-refractivity contribution in [2.45, 2.75) is 25.3 Å². The van der Waals surface area contributed by atoms with E-state index in [0.717, 1.165) is 5.75 Å². The predicted molar refractivity (Wildman–Crippen MR) is 63.0 cm³/mol. The largest absolute Gasteiger partial charge is 0.494 e. The molecule has 1 aromatic carbocycles. The molecule has 1 amide bonds. The SMILES string of the molecule is CC(N)(CCCOc1ccccc1)C(N)=O. The molecule has 0 bridgehead atoms. The molecule has 0 aliphatic heterocycles. The average Bonchev–Trinajstić information content (AvgIpc) is 2.26. The fourth-order valence-corrected chi connectivity index (χ4v) is 1.27. The Morgan fingerprint density at radius 3 is 2.56 bits per heavy atom. The number of rotatable bonds is 6. The van der Waals surface area contributed by atoms with E-state index < -0.39 is 11.4 Å². The first kappa shape index (κ1) is 12.5. The van der Waals surface area contributed by atoms with Crippen LogP contribution in [-0.2, 0) is 4.79 Å². The Morgan fingerprint density at radius 2 is 2.00 bits per heavy atom. The molecule has 0 aliphatic rings. The summed E-state index contributed by atoms with van der Waals surface area (Å²) in [5.41, 5.74) is 9.92. The topological polar surface area (TPSA) is 78.3 Å². The molecule has 0 fully saturated rings. The third-order valence-corrected chi connectivity index (χ3v) is 2.42. The number of carbonyl (C=O) groups excluding carboxylic acids is 1. The van der Waals surface area contributed by atoms with Crippen molar-refractivity contribution in [2.75, 3.05) is 6.61 Å². The summed E-state index contributed by atoms with van der Waals surface area (Å²) in [6, 6.07) is 9.51. The highest BCUT2D eigenvalue weighted by Gasteiger charge is 2.24. The van der Waals surface area contributed by atoms with E-state index in [4.69, 9.17) is 16.2 Å². The van der Waals surface area contributed by atoms with Gasteiger partial charge in [-0.25, -0.2) is 0 Å². The monoisotopic (exact) mass is 222 g/mol. The maximum atomic E-state index is 10.9. The Morgan fingerprint density at radius 1 is 1.38 bits per heavy atom. The molecule has 0 spiro atoms. The third kappa shape index (κ3) is 3.90. The van der Waals surface area contributed by atoms with E-state index in [0.29, 0.717) is 19.4 Å². The molecule has 1 unspecified atom stereocenters.